The number of halogens is 3. The number of rotatable bonds is 6. The summed E-state index contributed by atoms with van der Waals surface area (Å²) in [7, 11) is 0. The van der Waals surface area contributed by atoms with Gasteiger partial charge in [0.25, 0.3) is 0 Å². The first-order valence-corrected chi connectivity index (χ1v) is 11.4. The van der Waals surface area contributed by atoms with E-state index in [4.69, 9.17) is 0 Å². The predicted octanol–water partition coefficient (Wildman–Crippen LogP) is 5.22. The minimum absolute atomic E-state index is 0.0217. The van der Waals surface area contributed by atoms with E-state index in [1.807, 2.05) is 17.5 Å². The quantitative estimate of drug-likeness (QED) is 0.531. The molecule has 0 bridgehead atoms. The number of carbonyl (C=O) groups excluding carboxylic acids is 1. The maximum absolute atomic E-state index is 13.4. The fourth-order valence-corrected chi connectivity index (χ4v) is 4.72. The van der Waals surface area contributed by atoms with Crippen molar-refractivity contribution in [2.75, 3.05) is 13.1 Å². The van der Waals surface area contributed by atoms with Crippen LogP contribution in [0.15, 0.2) is 60.0 Å². The van der Waals surface area contributed by atoms with Crippen molar-refractivity contribution in [2.24, 2.45) is 0 Å². The van der Waals surface area contributed by atoms with Gasteiger partial charge in [-0.25, -0.2) is 18.0 Å². The van der Waals surface area contributed by atoms with E-state index in [2.05, 4.69) is 15.5 Å². The molecule has 4 nitrogen and oxygen atoms in total. The van der Waals surface area contributed by atoms with Gasteiger partial charge in [-0.2, -0.15) is 0 Å². The summed E-state index contributed by atoms with van der Waals surface area (Å²) < 4.78 is 39.9. The van der Waals surface area contributed by atoms with Crippen LogP contribution in [0, 0.1) is 17.5 Å². The molecule has 3 aromatic rings. The number of hydrogen-bond acceptors (Lipinski definition) is 3. The van der Waals surface area contributed by atoms with Crippen molar-refractivity contribution < 1.29 is 18.0 Å². The highest BCUT2D eigenvalue weighted by molar-refractivity contribution is 7.10. The number of amides is 2. The van der Waals surface area contributed by atoms with Gasteiger partial charge in [0, 0.05) is 30.6 Å². The van der Waals surface area contributed by atoms with Crippen LogP contribution in [0.5, 0.6) is 0 Å². The maximum Gasteiger partial charge on any atom is 0.315 e. The molecule has 32 heavy (non-hydrogen) atoms. The van der Waals surface area contributed by atoms with Crippen molar-refractivity contribution in [1.29, 1.82) is 0 Å². The third-order valence-electron chi connectivity index (χ3n) is 5.62. The molecule has 4 rings (SSSR count). The smallest absolute Gasteiger partial charge is 0.315 e. The SMILES string of the molecule is O=C(NC1CCN(Cc2ccc(F)c(F)c2)CC1)NC(c1ccc(F)cc1)c1cccs1. The third kappa shape index (κ3) is 5.69. The zero-order valence-corrected chi connectivity index (χ0v) is 18.2. The highest BCUT2D eigenvalue weighted by atomic mass is 32.1. The lowest BCUT2D eigenvalue weighted by atomic mass is 10.0. The fourth-order valence-electron chi connectivity index (χ4n) is 3.92. The van der Waals surface area contributed by atoms with Gasteiger partial charge in [0.1, 0.15) is 5.82 Å². The van der Waals surface area contributed by atoms with Crippen molar-refractivity contribution in [3.05, 3.63) is 93.4 Å². The van der Waals surface area contributed by atoms with Crippen LogP contribution in [-0.2, 0) is 6.54 Å². The van der Waals surface area contributed by atoms with E-state index in [9.17, 15) is 18.0 Å². The lowest BCUT2D eigenvalue weighted by Crippen LogP contribution is -2.48. The van der Waals surface area contributed by atoms with Gasteiger partial charge in [0.05, 0.1) is 6.04 Å². The number of hydrogen-bond donors (Lipinski definition) is 2. The first kappa shape index (κ1) is 22.4. The molecule has 2 amide bonds. The molecule has 8 heteroatoms. The minimum Gasteiger partial charge on any atom is -0.335 e. The van der Waals surface area contributed by atoms with Crippen molar-refractivity contribution in [3.63, 3.8) is 0 Å². The highest BCUT2D eigenvalue weighted by Crippen LogP contribution is 2.26. The number of carbonyl (C=O) groups is 1. The molecule has 1 aliphatic rings. The van der Waals surface area contributed by atoms with Crippen LogP contribution >= 0.6 is 11.3 Å². The fraction of sp³-hybridized carbons (Fsp3) is 0.292. The molecule has 0 radical (unpaired) electrons. The summed E-state index contributed by atoms with van der Waals surface area (Å²) in [5.74, 6) is -2.00. The topological polar surface area (TPSA) is 44.4 Å². The van der Waals surface area contributed by atoms with Crippen molar-refractivity contribution >= 4 is 17.4 Å². The van der Waals surface area contributed by atoms with Crippen LogP contribution in [0.1, 0.15) is 34.9 Å². The van der Waals surface area contributed by atoms with Crippen molar-refractivity contribution in [2.45, 2.75) is 31.5 Å². The summed E-state index contributed by atoms with van der Waals surface area (Å²) in [4.78, 5) is 15.8. The molecule has 1 fully saturated rings. The van der Waals surface area contributed by atoms with Crippen LogP contribution < -0.4 is 10.6 Å². The van der Waals surface area contributed by atoms with Crippen LogP contribution in [0.2, 0.25) is 0 Å². The lowest BCUT2D eigenvalue weighted by Gasteiger charge is -2.32. The molecule has 2 aromatic carbocycles. The Balaban J connectivity index is 1.31. The first-order valence-electron chi connectivity index (χ1n) is 10.5. The van der Waals surface area contributed by atoms with E-state index >= 15 is 0 Å². The molecule has 1 unspecified atom stereocenters. The van der Waals surface area contributed by atoms with E-state index in [0.29, 0.717) is 6.54 Å². The molecular weight excluding hydrogens is 435 g/mol. The number of thiophene rings is 1. The second kappa shape index (κ2) is 10.2. The number of urea groups is 1. The van der Waals surface area contributed by atoms with Gasteiger partial charge in [-0.05, 0) is 59.7 Å². The Morgan fingerprint density at radius 2 is 1.78 bits per heavy atom. The number of nitrogens with one attached hydrogen (secondary N) is 2. The van der Waals surface area contributed by atoms with Crippen LogP contribution in [0.25, 0.3) is 0 Å². The number of likely N-dealkylation sites (tertiary alicyclic amines) is 1. The molecule has 2 N–H and O–H groups in total. The van der Waals surface area contributed by atoms with E-state index in [1.165, 1.54) is 29.5 Å². The van der Waals surface area contributed by atoms with E-state index in [1.54, 1.807) is 18.2 Å². The van der Waals surface area contributed by atoms with Gasteiger partial charge in [-0.3, -0.25) is 4.90 Å². The Morgan fingerprint density at radius 3 is 2.44 bits per heavy atom. The summed E-state index contributed by atoms with van der Waals surface area (Å²) in [5.41, 5.74) is 1.54. The molecule has 0 aliphatic carbocycles. The summed E-state index contributed by atoms with van der Waals surface area (Å²) >= 11 is 1.53. The highest BCUT2D eigenvalue weighted by Gasteiger charge is 2.23. The third-order valence-corrected chi connectivity index (χ3v) is 6.56. The maximum atomic E-state index is 13.4. The molecule has 1 aliphatic heterocycles. The predicted molar refractivity (Wildman–Crippen MR) is 119 cm³/mol. The zero-order chi connectivity index (χ0) is 22.5. The minimum atomic E-state index is -0.843. The Labute approximate surface area is 189 Å². The normalized spacial score (nSPS) is 16.0. The van der Waals surface area contributed by atoms with Gasteiger partial charge in [0.2, 0.25) is 0 Å². The largest absolute Gasteiger partial charge is 0.335 e. The van der Waals surface area contributed by atoms with E-state index < -0.39 is 11.6 Å². The van der Waals surface area contributed by atoms with Gasteiger partial charge < -0.3 is 10.6 Å². The Morgan fingerprint density at radius 1 is 1.03 bits per heavy atom. The van der Waals surface area contributed by atoms with Crippen molar-refractivity contribution in [3.8, 4) is 0 Å². The monoisotopic (exact) mass is 459 g/mol. The molecular formula is C24H24F3N3OS. The summed E-state index contributed by atoms with van der Waals surface area (Å²) in [6.45, 7) is 2.04. The zero-order valence-electron chi connectivity index (χ0n) is 17.4. The number of piperidine rings is 1. The second-order valence-corrected chi connectivity index (χ2v) is 8.90. The van der Waals surface area contributed by atoms with E-state index in [-0.39, 0.29) is 23.9 Å². The molecule has 0 spiro atoms. The number of benzene rings is 2. The summed E-state index contributed by atoms with van der Waals surface area (Å²) in [5, 5.41) is 7.99. The molecule has 2 heterocycles. The average molecular weight is 460 g/mol. The van der Waals surface area contributed by atoms with E-state index in [0.717, 1.165) is 48.0 Å². The van der Waals surface area contributed by atoms with Crippen LogP contribution in [-0.4, -0.2) is 30.1 Å². The summed E-state index contributed by atoms with van der Waals surface area (Å²) in [6, 6.07) is 13.3. The van der Waals surface area contributed by atoms with Gasteiger partial charge in [-0.1, -0.05) is 24.3 Å². The van der Waals surface area contributed by atoms with Crippen LogP contribution in [0.4, 0.5) is 18.0 Å². The van der Waals surface area contributed by atoms with Gasteiger partial charge in [0.15, 0.2) is 11.6 Å². The van der Waals surface area contributed by atoms with Gasteiger partial charge in [-0.15, -0.1) is 11.3 Å². The number of nitrogens with zero attached hydrogens (tertiary/aromatic N) is 1. The van der Waals surface area contributed by atoms with Crippen LogP contribution in [0.3, 0.4) is 0 Å². The summed E-state index contributed by atoms with van der Waals surface area (Å²) in [6.07, 6.45) is 1.52. The average Bonchev–Trinajstić information content (AvgIpc) is 3.31. The Hall–Kier alpha value is -2.84. The lowest BCUT2D eigenvalue weighted by molar-refractivity contribution is 0.186. The molecule has 0 saturated carbocycles. The van der Waals surface area contributed by atoms with Crippen molar-refractivity contribution in [1.82, 2.24) is 15.5 Å². The Kier molecular flexibility index (Phi) is 7.12. The first-order chi connectivity index (χ1) is 15.5. The molecule has 1 aromatic heterocycles. The van der Waals surface area contributed by atoms with Gasteiger partial charge >= 0.3 is 6.03 Å². The molecule has 168 valence electrons. The molecule has 1 saturated heterocycles. The standard InChI is InChI=1S/C24H24F3N3OS/c25-18-6-4-17(5-7-18)23(22-2-1-13-32-22)29-24(31)28-19-9-11-30(12-10-19)15-16-3-8-20(26)21(27)14-16/h1-8,13-14,19,23H,9-12,15H2,(H2,28,29,31). The second-order valence-electron chi connectivity index (χ2n) is 7.92. The Bertz CT molecular complexity index is 1040. The molecule has 1 atom stereocenters.